The second kappa shape index (κ2) is 7.75. The Morgan fingerprint density at radius 2 is 2.28 bits per heavy atom. The highest BCUT2D eigenvalue weighted by Crippen LogP contribution is 2.37. The average Bonchev–Trinajstić information content (AvgIpc) is 3.33. The molecule has 0 spiro atoms. The van der Waals surface area contributed by atoms with Crippen molar-refractivity contribution in [3.8, 4) is 0 Å². The van der Waals surface area contributed by atoms with E-state index in [-0.39, 0.29) is 29.1 Å². The number of carboxylic acids is 1. The molecule has 4 heterocycles. The molecule has 152 valence electrons. The Morgan fingerprint density at radius 3 is 3.03 bits per heavy atom. The van der Waals surface area contributed by atoms with Gasteiger partial charge in [0.2, 0.25) is 0 Å². The summed E-state index contributed by atoms with van der Waals surface area (Å²) in [7, 11) is 0. The third kappa shape index (κ3) is 3.77. The number of hydrogen-bond donors (Lipinski definition) is 2. The number of halogens is 1. The molecule has 1 aliphatic heterocycles. The van der Waals surface area contributed by atoms with Gasteiger partial charge < -0.3 is 15.7 Å². The number of carboxylic acid groups (broad SMARTS) is 1. The Balaban J connectivity index is 1.71. The van der Waals surface area contributed by atoms with Gasteiger partial charge >= 0.3 is 5.97 Å². The molecule has 1 saturated heterocycles. The van der Waals surface area contributed by atoms with E-state index in [1.54, 1.807) is 18.3 Å². The van der Waals surface area contributed by atoms with E-state index in [0.717, 1.165) is 37.1 Å². The zero-order valence-corrected chi connectivity index (χ0v) is 16.1. The van der Waals surface area contributed by atoms with Crippen LogP contribution in [0.4, 0.5) is 10.2 Å². The van der Waals surface area contributed by atoms with Gasteiger partial charge in [-0.15, -0.1) is 0 Å². The predicted octanol–water partition coefficient (Wildman–Crippen LogP) is 2.58. The first kappa shape index (κ1) is 19.3. The fourth-order valence-electron chi connectivity index (χ4n) is 3.88. The van der Waals surface area contributed by atoms with Gasteiger partial charge in [0, 0.05) is 24.5 Å². The second-order valence-corrected chi connectivity index (χ2v) is 7.47. The number of aromatic carboxylic acids is 1. The van der Waals surface area contributed by atoms with Gasteiger partial charge in [-0.1, -0.05) is 0 Å². The van der Waals surface area contributed by atoms with Crippen LogP contribution in [-0.4, -0.2) is 43.2 Å². The summed E-state index contributed by atoms with van der Waals surface area (Å²) >= 11 is 0. The molecule has 0 aromatic carbocycles. The van der Waals surface area contributed by atoms with Gasteiger partial charge in [0.05, 0.1) is 18.4 Å². The van der Waals surface area contributed by atoms with Crippen molar-refractivity contribution in [2.45, 2.75) is 44.7 Å². The van der Waals surface area contributed by atoms with E-state index < -0.39 is 5.97 Å². The van der Waals surface area contributed by atoms with Crippen LogP contribution in [0.15, 0.2) is 30.7 Å². The number of nitrogens with two attached hydrogens (primary N) is 1. The molecule has 0 amide bonds. The number of rotatable bonds is 6. The first-order valence-corrected chi connectivity index (χ1v) is 9.68. The topological polar surface area (TPSA) is 110 Å². The number of anilines is 1. The zero-order chi connectivity index (χ0) is 20.5. The summed E-state index contributed by atoms with van der Waals surface area (Å²) in [5.74, 6) is -0.802. The lowest BCUT2D eigenvalue weighted by Gasteiger charge is -2.27. The molecule has 0 radical (unpaired) electrons. The normalized spacial score (nSPS) is 17.8. The van der Waals surface area contributed by atoms with Crippen molar-refractivity contribution in [1.82, 2.24) is 19.6 Å². The zero-order valence-electron chi connectivity index (χ0n) is 16.1. The molecule has 3 aromatic heterocycles. The summed E-state index contributed by atoms with van der Waals surface area (Å²) in [5, 5.41) is 13.4. The van der Waals surface area contributed by atoms with Crippen LogP contribution >= 0.6 is 0 Å². The average molecular weight is 398 g/mol. The number of nitrogens with zero attached hydrogens (tertiary/aromatic N) is 5. The van der Waals surface area contributed by atoms with E-state index in [9.17, 15) is 14.3 Å². The van der Waals surface area contributed by atoms with E-state index in [1.165, 1.54) is 16.9 Å². The highest BCUT2D eigenvalue weighted by molar-refractivity contribution is 5.94. The minimum atomic E-state index is -1.07. The Bertz CT molecular complexity index is 1050. The molecular formula is C20H23FN6O2. The Labute approximate surface area is 167 Å². The number of aromatic nitrogens is 4. The molecule has 0 bridgehead atoms. The number of hydrogen-bond acceptors (Lipinski definition) is 6. The van der Waals surface area contributed by atoms with E-state index in [0.29, 0.717) is 12.2 Å². The van der Waals surface area contributed by atoms with Gasteiger partial charge in [0.1, 0.15) is 17.2 Å². The molecule has 2 atom stereocenters. The molecule has 4 rings (SSSR count). The molecular weight excluding hydrogens is 375 g/mol. The van der Waals surface area contributed by atoms with E-state index in [4.69, 9.17) is 5.73 Å². The molecule has 29 heavy (non-hydrogen) atoms. The van der Waals surface area contributed by atoms with E-state index in [2.05, 4.69) is 20.0 Å². The standard InChI is InChI=1S/C20H23FN6O2/c1-12(22)4-5-16-14(9-13(21)10-23-16)17-3-2-7-26(17)18-6-8-27-19(25-18)15(11-24-27)20(28)29/h6,8-12,17H,2-5,7,22H2,1H3,(H,28,29)/t12-,17-/m1/s1. The third-order valence-corrected chi connectivity index (χ3v) is 5.30. The Hall–Kier alpha value is -3.07. The number of carbonyl (C=O) groups is 1. The molecule has 9 heteroatoms. The maximum atomic E-state index is 14.0. The largest absolute Gasteiger partial charge is 0.477 e. The molecule has 0 unspecified atom stereocenters. The molecule has 1 fully saturated rings. The minimum Gasteiger partial charge on any atom is -0.477 e. The van der Waals surface area contributed by atoms with Crippen molar-refractivity contribution in [2.75, 3.05) is 11.4 Å². The minimum absolute atomic E-state index is 0.0368. The van der Waals surface area contributed by atoms with Crippen molar-refractivity contribution >= 4 is 17.4 Å². The first-order chi connectivity index (χ1) is 13.9. The van der Waals surface area contributed by atoms with E-state index >= 15 is 0 Å². The lowest BCUT2D eigenvalue weighted by Crippen LogP contribution is -2.25. The van der Waals surface area contributed by atoms with Crippen LogP contribution in [0.1, 0.15) is 53.8 Å². The van der Waals surface area contributed by atoms with Crippen LogP contribution in [0.25, 0.3) is 5.65 Å². The molecule has 0 saturated carbocycles. The fourth-order valence-corrected chi connectivity index (χ4v) is 3.88. The maximum absolute atomic E-state index is 14.0. The highest BCUT2D eigenvalue weighted by atomic mass is 19.1. The number of aryl methyl sites for hydroxylation is 1. The van der Waals surface area contributed by atoms with Gasteiger partial charge in [0.15, 0.2) is 5.65 Å². The fraction of sp³-hybridized carbons (Fsp3) is 0.400. The van der Waals surface area contributed by atoms with Gasteiger partial charge in [-0.05, 0) is 50.3 Å². The summed E-state index contributed by atoms with van der Waals surface area (Å²) in [6.45, 7) is 2.68. The predicted molar refractivity (Wildman–Crippen MR) is 105 cm³/mol. The molecule has 3 N–H and O–H groups in total. The number of pyridine rings is 1. The molecule has 3 aromatic rings. The van der Waals surface area contributed by atoms with Crippen molar-refractivity contribution in [3.63, 3.8) is 0 Å². The smallest absolute Gasteiger partial charge is 0.341 e. The summed E-state index contributed by atoms with van der Waals surface area (Å²) in [6, 6.07) is 3.31. The van der Waals surface area contributed by atoms with Gasteiger partial charge in [-0.2, -0.15) is 5.10 Å². The Morgan fingerprint density at radius 1 is 1.45 bits per heavy atom. The first-order valence-electron chi connectivity index (χ1n) is 9.68. The molecule has 0 aliphatic carbocycles. The van der Waals surface area contributed by atoms with Crippen LogP contribution in [0, 0.1) is 5.82 Å². The second-order valence-electron chi connectivity index (χ2n) is 7.47. The highest BCUT2D eigenvalue weighted by Gasteiger charge is 2.30. The van der Waals surface area contributed by atoms with Crippen molar-refractivity contribution < 1.29 is 14.3 Å². The van der Waals surface area contributed by atoms with Crippen LogP contribution in [0.5, 0.6) is 0 Å². The summed E-state index contributed by atoms with van der Waals surface area (Å²) in [6.07, 6.45) is 7.43. The van der Waals surface area contributed by atoms with Crippen LogP contribution in [0.2, 0.25) is 0 Å². The summed E-state index contributed by atoms with van der Waals surface area (Å²) in [4.78, 5) is 22.4. The van der Waals surface area contributed by atoms with Gasteiger partial charge in [0.25, 0.3) is 0 Å². The summed E-state index contributed by atoms with van der Waals surface area (Å²) < 4.78 is 15.5. The van der Waals surface area contributed by atoms with Crippen LogP contribution < -0.4 is 10.6 Å². The molecule has 1 aliphatic rings. The van der Waals surface area contributed by atoms with Crippen molar-refractivity contribution in [2.24, 2.45) is 5.73 Å². The van der Waals surface area contributed by atoms with Crippen LogP contribution in [0.3, 0.4) is 0 Å². The van der Waals surface area contributed by atoms with Gasteiger partial charge in [-0.25, -0.2) is 18.7 Å². The lowest BCUT2D eigenvalue weighted by atomic mass is 9.98. The Kier molecular flexibility index (Phi) is 5.14. The lowest BCUT2D eigenvalue weighted by molar-refractivity contribution is 0.0698. The van der Waals surface area contributed by atoms with E-state index in [1.807, 2.05) is 6.92 Å². The SMILES string of the molecule is C[C@@H](N)CCc1ncc(F)cc1[C@H]1CCCN1c1ccn2ncc(C(=O)O)c2n1. The quantitative estimate of drug-likeness (QED) is 0.657. The summed E-state index contributed by atoms with van der Waals surface area (Å²) in [5.41, 5.74) is 7.92. The van der Waals surface area contributed by atoms with Crippen LogP contribution in [-0.2, 0) is 6.42 Å². The van der Waals surface area contributed by atoms with Crippen molar-refractivity contribution in [1.29, 1.82) is 0 Å². The maximum Gasteiger partial charge on any atom is 0.341 e. The van der Waals surface area contributed by atoms with Crippen molar-refractivity contribution in [3.05, 3.63) is 53.4 Å². The van der Waals surface area contributed by atoms with Gasteiger partial charge in [-0.3, -0.25) is 4.98 Å². The molecule has 8 nitrogen and oxygen atoms in total. The third-order valence-electron chi connectivity index (χ3n) is 5.30. The number of fused-ring (bicyclic) bond motifs is 1. The monoisotopic (exact) mass is 398 g/mol.